The van der Waals surface area contributed by atoms with Crippen LogP contribution < -0.4 is 18.9 Å². The lowest BCUT2D eigenvalue weighted by molar-refractivity contribution is 0.0777. The number of carbonyl (C=O) groups excluding carboxylic acids is 1. The fourth-order valence-electron chi connectivity index (χ4n) is 6.27. The Hall–Kier alpha value is -3.85. The molecule has 4 aliphatic heterocycles. The van der Waals surface area contributed by atoms with Gasteiger partial charge >= 0.3 is 0 Å². The van der Waals surface area contributed by atoms with Gasteiger partial charge in [-0.2, -0.15) is 0 Å². The van der Waals surface area contributed by atoms with E-state index in [1.54, 1.807) is 31.3 Å². The molecule has 9 nitrogen and oxygen atoms in total. The van der Waals surface area contributed by atoms with E-state index >= 15 is 0 Å². The molecule has 0 N–H and O–H groups in total. The van der Waals surface area contributed by atoms with Crippen molar-refractivity contribution in [3.63, 3.8) is 0 Å². The third kappa shape index (κ3) is 5.43. The number of methoxy groups -OCH3 is 2. The van der Waals surface area contributed by atoms with Gasteiger partial charge in [-0.1, -0.05) is 26.0 Å². The second-order valence-corrected chi connectivity index (χ2v) is 12.1. The molecule has 41 heavy (non-hydrogen) atoms. The first-order valence-electron chi connectivity index (χ1n) is 14.2. The van der Waals surface area contributed by atoms with Crippen molar-refractivity contribution in [2.45, 2.75) is 51.7 Å². The molecular weight excluding hydrogens is 520 g/mol. The third-order valence-corrected chi connectivity index (χ3v) is 8.24. The Morgan fingerprint density at radius 2 is 1.56 bits per heavy atom. The SMILES string of the molecule is C=C1C[C@H]2C=Nc3cc(OCCCOc4cc5c(cc4OC)CN4CC(C)(C)C[C@H]4C=N5)c(OC)cc3C(=O)N2C1. The van der Waals surface area contributed by atoms with Crippen molar-refractivity contribution < 1.29 is 23.7 Å². The van der Waals surface area contributed by atoms with Crippen molar-refractivity contribution in [3.8, 4) is 23.0 Å². The second kappa shape index (κ2) is 10.9. The molecule has 9 heteroatoms. The van der Waals surface area contributed by atoms with Crippen LogP contribution in [0.3, 0.4) is 0 Å². The minimum absolute atomic E-state index is 0.0603. The highest BCUT2D eigenvalue weighted by molar-refractivity contribution is 6.03. The van der Waals surface area contributed by atoms with E-state index in [2.05, 4.69) is 42.6 Å². The highest BCUT2D eigenvalue weighted by Gasteiger charge is 2.38. The fraction of sp³-hybridized carbons (Fsp3) is 0.469. The molecule has 0 saturated carbocycles. The summed E-state index contributed by atoms with van der Waals surface area (Å²) in [5.41, 5.74) is 4.50. The Kier molecular flexibility index (Phi) is 7.23. The number of hydrogen-bond acceptors (Lipinski definition) is 8. The van der Waals surface area contributed by atoms with Crippen molar-refractivity contribution in [1.82, 2.24) is 9.80 Å². The lowest BCUT2D eigenvalue weighted by Crippen LogP contribution is -2.35. The lowest BCUT2D eigenvalue weighted by atomic mass is 9.91. The minimum atomic E-state index is -0.0670. The van der Waals surface area contributed by atoms with Gasteiger partial charge in [0, 0.05) is 56.7 Å². The van der Waals surface area contributed by atoms with Crippen LogP contribution in [0, 0.1) is 5.41 Å². The summed E-state index contributed by atoms with van der Waals surface area (Å²) in [6, 6.07) is 7.82. The van der Waals surface area contributed by atoms with Gasteiger partial charge in [0.25, 0.3) is 5.91 Å². The monoisotopic (exact) mass is 558 g/mol. The van der Waals surface area contributed by atoms with Gasteiger partial charge in [-0.3, -0.25) is 19.7 Å². The normalized spacial score (nSPS) is 22.4. The van der Waals surface area contributed by atoms with Gasteiger partial charge in [-0.25, -0.2) is 0 Å². The largest absolute Gasteiger partial charge is 0.493 e. The first-order valence-corrected chi connectivity index (χ1v) is 14.2. The van der Waals surface area contributed by atoms with E-state index in [4.69, 9.17) is 23.9 Å². The first-order chi connectivity index (χ1) is 19.7. The fourth-order valence-corrected chi connectivity index (χ4v) is 6.27. The predicted molar refractivity (Wildman–Crippen MR) is 159 cm³/mol. The van der Waals surface area contributed by atoms with Crippen molar-refractivity contribution >= 4 is 29.7 Å². The zero-order valence-electron chi connectivity index (χ0n) is 24.3. The lowest BCUT2D eigenvalue weighted by Gasteiger charge is -2.21. The van der Waals surface area contributed by atoms with E-state index in [9.17, 15) is 4.79 Å². The zero-order chi connectivity index (χ0) is 28.7. The van der Waals surface area contributed by atoms with Gasteiger partial charge in [0.1, 0.15) is 0 Å². The van der Waals surface area contributed by atoms with E-state index < -0.39 is 0 Å². The van der Waals surface area contributed by atoms with Crippen LogP contribution in [-0.2, 0) is 6.54 Å². The number of nitrogens with zero attached hydrogens (tertiary/aromatic N) is 4. The molecule has 4 heterocycles. The van der Waals surface area contributed by atoms with E-state index in [0.717, 1.165) is 42.8 Å². The molecule has 1 amide bonds. The Morgan fingerprint density at radius 3 is 2.29 bits per heavy atom. The molecule has 6 rings (SSSR count). The summed E-state index contributed by atoms with van der Waals surface area (Å²) in [6.45, 7) is 12.0. The van der Waals surface area contributed by atoms with Crippen LogP contribution in [0.4, 0.5) is 11.4 Å². The second-order valence-electron chi connectivity index (χ2n) is 12.1. The van der Waals surface area contributed by atoms with Crippen molar-refractivity contribution in [2.24, 2.45) is 15.4 Å². The number of hydrogen-bond donors (Lipinski definition) is 0. The Labute approximate surface area is 241 Å². The van der Waals surface area contributed by atoms with Gasteiger partial charge in [-0.15, -0.1) is 0 Å². The maximum atomic E-state index is 13.2. The molecule has 0 unspecified atom stereocenters. The average molecular weight is 559 g/mol. The van der Waals surface area contributed by atoms with Gasteiger partial charge in [-0.05, 0) is 36.0 Å². The number of fused-ring (bicyclic) bond motifs is 4. The van der Waals surface area contributed by atoms with Crippen molar-refractivity contribution in [2.75, 3.05) is 40.5 Å². The molecule has 2 aromatic rings. The first kappa shape index (κ1) is 27.3. The highest BCUT2D eigenvalue weighted by atomic mass is 16.5. The number of benzene rings is 2. The molecule has 0 aliphatic carbocycles. The quantitative estimate of drug-likeness (QED) is 0.321. The number of amides is 1. The number of aliphatic imine (C=N–C) groups is 2. The predicted octanol–water partition coefficient (Wildman–Crippen LogP) is 5.35. The molecule has 4 aliphatic rings. The van der Waals surface area contributed by atoms with Gasteiger partial charge in [0.2, 0.25) is 0 Å². The number of ether oxygens (including phenoxy) is 4. The standard InChI is InChI=1S/C32H38N4O5/c1-20-9-22-15-34-26-13-30(28(39-5)11-24(26)31(37)36(22)17-20)41-8-6-7-40-29-12-25-21(10-27(29)38-4)18-35-19-32(2,3)14-23(35)16-33-25/h10-13,15-16,22-23H,1,6-9,14,17-19H2,2-5H3/t22-,23-/m0/s1. The third-order valence-electron chi connectivity index (χ3n) is 8.24. The van der Waals surface area contributed by atoms with Crippen LogP contribution in [0.1, 0.15) is 49.0 Å². The zero-order valence-corrected chi connectivity index (χ0v) is 24.3. The van der Waals surface area contributed by atoms with E-state index in [0.29, 0.717) is 71.9 Å². The molecule has 2 fully saturated rings. The van der Waals surface area contributed by atoms with Gasteiger partial charge < -0.3 is 23.8 Å². The molecule has 0 radical (unpaired) electrons. The Balaban J connectivity index is 1.09. The summed E-state index contributed by atoms with van der Waals surface area (Å²) >= 11 is 0. The molecule has 216 valence electrons. The van der Waals surface area contributed by atoms with Crippen LogP contribution in [0.25, 0.3) is 0 Å². The summed E-state index contributed by atoms with van der Waals surface area (Å²) in [5, 5.41) is 0. The molecule has 2 atom stereocenters. The maximum absolute atomic E-state index is 13.2. The average Bonchev–Trinajstić information content (AvgIpc) is 3.38. The van der Waals surface area contributed by atoms with Crippen LogP contribution in [-0.4, -0.2) is 80.7 Å². The van der Waals surface area contributed by atoms with Gasteiger partial charge in [0.05, 0.1) is 50.4 Å². The molecular formula is C32H38N4O5. The van der Waals surface area contributed by atoms with Crippen molar-refractivity contribution in [3.05, 3.63) is 47.5 Å². The van der Waals surface area contributed by atoms with E-state index in [-0.39, 0.29) is 11.9 Å². The summed E-state index contributed by atoms with van der Waals surface area (Å²) in [5.74, 6) is 2.35. The molecule has 0 aromatic heterocycles. The van der Waals surface area contributed by atoms with Crippen LogP contribution in [0.15, 0.2) is 46.4 Å². The molecule has 2 saturated heterocycles. The molecule has 0 spiro atoms. The smallest absolute Gasteiger partial charge is 0.257 e. The summed E-state index contributed by atoms with van der Waals surface area (Å²) in [7, 11) is 3.23. The van der Waals surface area contributed by atoms with Gasteiger partial charge in [0.15, 0.2) is 23.0 Å². The summed E-state index contributed by atoms with van der Waals surface area (Å²) in [4.78, 5) is 26.9. The summed E-state index contributed by atoms with van der Waals surface area (Å²) in [6.07, 6.45) is 6.39. The molecule has 0 bridgehead atoms. The Morgan fingerprint density at radius 1 is 0.902 bits per heavy atom. The van der Waals surface area contributed by atoms with E-state index in [1.165, 1.54) is 0 Å². The number of rotatable bonds is 8. The number of carbonyl (C=O) groups is 1. The Bertz CT molecular complexity index is 1430. The molecule has 2 aromatic carbocycles. The minimum Gasteiger partial charge on any atom is -0.493 e. The van der Waals surface area contributed by atoms with Crippen LogP contribution in [0.5, 0.6) is 23.0 Å². The topological polar surface area (TPSA) is 85.2 Å². The summed E-state index contributed by atoms with van der Waals surface area (Å²) < 4.78 is 23.4. The van der Waals surface area contributed by atoms with Crippen LogP contribution in [0.2, 0.25) is 0 Å². The van der Waals surface area contributed by atoms with Crippen LogP contribution >= 0.6 is 0 Å². The van der Waals surface area contributed by atoms with Crippen molar-refractivity contribution in [1.29, 1.82) is 0 Å². The highest BCUT2D eigenvalue weighted by Crippen LogP contribution is 2.42. The maximum Gasteiger partial charge on any atom is 0.257 e. The van der Waals surface area contributed by atoms with E-state index in [1.807, 2.05) is 12.3 Å².